The predicted octanol–water partition coefficient (Wildman–Crippen LogP) is 23.8. The highest BCUT2D eigenvalue weighted by Gasteiger charge is 2.18. The molecule has 0 aromatic heterocycles. The summed E-state index contributed by atoms with van der Waals surface area (Å²) in [6.07, 6.45) is 105. The summed E-state index contributed by atoms with van der Waals surface area (Å²) >= 11 is 0. The van der Waals surface area contributed by atoms with Crippen molar-refractivity contribution in [1.82, 2.24) is 5.32 Å². The lowest BCUT2D eigenvalue weighted by atomic mass is 10.0. The van der Waals surface area contributed by atoms with Gasteiger partial charge >= 0.3 is 0 Å². The summed E-state index contributed by atoms with van der Waals surface area (Å²) in [7, 11) is 0. The van der Waals surface area contributed by atoms with Gasteiger partial charge in [-0.15, -0.1) is 0 Å². The topological polar surface area (TPSA) is 69.6 Å². The van der Waals surface area contributed by atoms with E-state index in [9.17, 15) is 15.0 Å². The van der Waals surface area contributed by atoms with Crippen molar-refractivity contribution in [2.45, 2.75) is 353 Å². The van der Waals surface area contributed by atoms with Crippen LogP contribution in [0.25, 0.3) is 0 Å². The van der Waals surface area contributed by atoms with Crippen molar-refractivity contribution in [1.29, 1.82) is 0 Å². The average molecular weight is 1100 g/mol. The van der Waals surface area contributed by atoms with Crippen molar-refractivity contribution >= 4 is 5.91 Å². The summed E-state index contributed by atoms with van der Waals surface area (Å²) in [4.78, 5) is 12.5. The molecular formula is C75H133NO3. The van der Waals surface area contributed by atoms with E-state index in [1.165, 1.54) is 244 Å². The monoisotopic (exact) mass is 1100 g/mol. The summed E-state index contributed by atoms with van der Waals surface area (Å²) in [5.74, 6) is -0.0754. The standard InChI is InChI=1S/C75H133NO3/c1-3-5-7-9-11-13-15-17-19-21-23-25-27-29-31-33-34-35-36-37-38-39-40-41-42-43-45-47-49-51-53-55-57-59-61-63-65-67-69-71-75(79)76-73(72-77)74(78)70-68-66-64-62-60-58-56-54-52-50-48-46-44-32-30-28-26-24-22-20-18-16-14-12-10-8-6-4-2/h5,7,11,13,17,19,23,25,29,31,34-35,52,54,60,62,68,70,73-74,77-78H,3-4,6,8-10,12,14-16,18,20-22,24,26-28,30,32-33,36-51,53,55-59,61,63-67,69,71-72H2,1-2H3,(H,76,79)/b7-5-,13-11-,19-17-,25-23-,31-29-,35-34-,54-52+,62-60+,70-68+. The first kappa shape index (κ1) is 76.0. The quantitative estimate of drug-likeness (QED) is 0.0420. The summed E-state index contributed by atoms with van der Waals surface area (Å²) in [6, 6.07) is -0.651. The normalized spacial score (nSPS) is 13.4. The number of hydrogen-bond acceptors (Lipinski definition) is 3. The van der Waals surface area contributed by atoms with Crippen molar-refractivity contribution in [2.75, 3.05) is 6.61 Å². The van der Waals surface area contributed by atoms with Crippen molar-refractivity contribution in [3.8, 4) is 0 Å². The highest BCUT2D eigenvalue weighted by molar-refractivity contribution is 5.76. The van der Waals surface area contributed by atoms with Crippen LogP contribution in [-0.2, 0) is 4.79 Å². The number of unbranched alkanes of at least 4 members (excludes halogenated alkanes) is 40. The van der Waals surface area contributed by atoms with E-state index in [1.807, 2.05) is 6.08 Å². The van der Waals surface area contributed by atoms with Gasteiger partial charge in [-0.1, -0.05) is 348 Å². The Hall–Kier alpha value is -2.95. The molecule has 3 N–H and O–H groups in total. The number of allylic oxidation sites excluding steroid dienone is 17. The van der Waals surface area contributed by atoms with Crippen molar-refractivity contribution in [3.63, 3.8) is 0 Å². The molecule has 0 radical (unpaired) electrons. The second kappa shape index (κ2) is 69.3. The maximum atomic E-state index is 12.5. The van der Waals surface area contributed by atoms with Crippen LogP contribution in [-0.4, -0.2) is 34.9 Å². The van der Waals surface area contributed by atoms with Crippen molar-refractivity contribution < 1.29 is 15.0 Å². The predicted molar refractivity (Wildman–Crippen MR) is 354 cm³/mol. The molecule has 2 atom stereocenters. The molecule has 0 heterocycles. The zero-order chi connectivity index (χ0) is 56.9. The maximum absolute atomic E-state index is 12.5. The van der Waals surface area contributed by atoms with Crippen LogP contribution in [0.3, 0.4) is 0 Å². The van der Waals surface area contributed by atoms with Gasteiger partial charge in [0, 0.05) is 6.42 Å². The average Bonchev–Trinajstić information content (AvgIpc) is 3.45. The second-order valence-electron chi connectivity index (χ2n) is 23.2. The first-order valence-corrected chi connectivity index (χ1v) is 34.6. The number of rotatable bonds is 63. The van der Waals surface area contributed by atoms with Crippen LogP contribution in [0.2, 0.25) is 0 Å². The summed E-state index contributed by atoms with van der Waals surface area (Å²) < 4.78 is 0. The van der Waals surface area contributed by atoms with Crippen LogP contribution < -0.4 is 5.32 Å². The smallest absolute Gasteiger partial charge is 0.220 e. The molecule has 0 bridgehead atoms. The molecule has 0 aliphatic rings. The van der Waals surface area contributed by atoms with Gasteiger partial charge in [0.05, 0.1) is 18.8 Å². The molecule has 4 heteroatoms. The molecule has 0 saturated carbocycles. The number of hydrogen-bond donors (Lipinski definition) is 3. The molecule has 0 aliphatic carbocycles. The summed E-state index contributed by atoms with van der Waals surface area (Å²) in [5, 5.41) is 23.2. The van der Waals surface area contributed by atoms with E-state index in [0.29, 0.717) is 6.42 Å². The molecular weight excluding hydrogens is 963 g/mol. The highest BCUT2D eigenvalue weighted by atomic mass is 16.3. The first-order chi connectivity index (χ1) is 39.2. The number of carbonyl (C=O) groups excluding carboxylic acids is 1. The number of amides is 1. The fraction of sp³-hybridized carbons (Fsp3) is 0.747. The SMILES string of the molecule is CC/C=C\C/C=C\C/C=C\C/C=C\C/C=C\C/C=C\CCCCCCCCCCCCCCCCCCCCCCC(=O)NC(CO)C(O)/C=C/CC/C=C/CC/C=C/CCCCCCCCCCCCCCCCCCCC. The largest absolute Gasteiger partial charge is 0.394 e. The van der Waals surface area contributed by atoms with Gasteiger partial charge in [0.2, 0.25) is 5.91 Å². The van der Waals surface area contributed by atoms with Crippen LogP contribution in [0.1, 0.15) is 341 Å². The summed E-state index contributed by atoms with van der Waals surface area (Å²) in [6.45, 7) is 4.20. The van der Waals surface area contributed by atoms with Crippen LogP contribution >= 0.6 is 0 Å². The van der Waals surface area contributed by atoms with Crippen LogP contribution in [0, 0.1) is 0 Å². The van der Waals surface area contributed by atoms with Gasteiger partial charge in [0.25, 0.3) is 0 Å². The maximum Gasteiger partial charge on any atom is 0.220 e. The molecule has 0 aromatic carbocycles. The zero-order valence-electron chi connectivity index (χ0n) is 52.6. The van der Waals surface area contributed by atoms with E-state index in [4.69, 9.17) is 0 Å². The number of carbonyl (C=O) groups is 1. The fourth-order valence-electron chi connectivity index (χ4n) is 10.3. The summed E-state index contributed by atoms with van der Waals surface area (Å²) in [5.41, 5.74) is 0. The number of aliphatic hydroxyl groups excluding tert-OH is 2. The van der Waals surface area contributed by atoms with E-state index in [0.717, 1.165) is 77.0 Å². The molecule has 0 fully saturated rings. The van der Waals surface area contributed by atoms with Gasteiger partial charge in [0.1, 0.15) is 0 Å². The third-order valence-corrected chi connectivity index (χ3v) is 15.5. The fourth-order valence-corrected chi connectivity index (χ4v) is 10.3. The van der Waals surface area contributed by atoms with Crippen LogP contribution in [0.4, 0.5) is 0 Å². The molecule has 0 saturated heterocycles. The Morgan fingerprint density at radius 1 is 0.316 bits per heavy atom. The zero-order valence-corrected chi connectivity index (χ0v) is 52.6. The van der Waals surface area contributed by atoms with E-state index in [2.05, 4.69) is 116 Å². The Kier molecular flexibility index (Phi) is 66.7. The molecule has 456 valence electrons. The van der Waals surface area contributed by atoms with Gasteiger partial charge in [0.15, 0.2) is 0 Å². The van der Waals surface area contributed by atoms with Gasteiger partial charge < -0.3 is 15.5 Å². The second-order valence-corrected chi connectivity index (χ2v) is 23.2. The van der Waals surface area contributed by atoms with Crippen LogP contribution in [0.5, 0.6) is 0 Å². The molecule has 0 spiro atoms. The van der Waals surface area contributed by atoms with Gasteiger partial charge in [-0.3, -0.25) is 4.79 Å². The van der Waals surface area contributed by atoms with E-state index in [-0.39, 0.29) is 12.5 Å². The van der Waals surface area contributed by atoms with Gasteiger partial charge in [-0.2, -0.15) is 0 Å². The third kappa shape index (κ3) is 65.7. The minimum atomic E-state index is -0.876. The minimum Gasteiger partial charge on any atom is -0.394 e. The molecule has 0 rings (SSSR count). The van der Waals surface area contributed by atoms with Crippen molar-refractivity contribution in [2.24, 2.45) is 0 Å². The highest BCUT2D eigenvalue weighted by Crippen LogP contribution is 2.18. The lowest BCUT2D eigenvalue weighted by Crippen LogP contribution is -2.45. The lowest BCUT2D eigenvalue weighted by molar-refractivity contribution is -0.123. The lowest BCUT2D eigenvalue weighted by Gasteiger charge is -2.19. The minimum absolute atomic E-state index is 0.0754. The third-order valence-electron chi connectivity index (χ3n) is 15.5. The van der Waals surface area contributed by atoms with Gasteiger partial charge in [-0.05, 0) is 96.3 Å². The molecule has 0 aliphatic heterocycles. The molecule has 1 amide bonds. The Labute approximate surface area is 493 Å². The Bertz CT molecular complexity index is 1480. The molecule has 4 nitrogen and oxygen atoms in total. The Morgan fingerprint density at radius 2 is 0.570 bits per heavy atom. The van der Waals surface area contributed by atoms with Crippen molar-refractivity contribution in [3.05, 3.63) is 109 Å². The molecule has 2 unspecified atom stereocenters. The van der Waals surface area contributed by atoms with E-state index >= 15 is 0 Å². The Balaban J connectivity index is 3.51. The molecule has 0 aromatic rings. The first-order valence-electron chi connectivity index (χ1n) is 34.6. The van der Waals surface area contributed by atoms with E-state index < -0.39 is 12.1 Å². The Morgan fingerprint density at radius 3 is 0.886 bits per heavy atom. The number of nitrogens with one attached hydrogen (secondary N) is 1. The van der Waals surface area contributed by atoms with Crippen LogP contribution in [0.15, 0.2) is 109 Å². The van der Waals surface area contributed by atoms with Gasteiger partial charge in [-0.25, -0.2) is 0 Å². The molecule has 79 heavy (non-hydrogen) atoms. The number of aliphatic hydroxyl groups is 2. The van der Waals surface area contributed by atoms with E-state index in [1.54, 1.807) is 6.08 Å².